The Hall–Kier alpha value is 10.2. The SMILES string of the molecule is O=[P+]([O-])[O-].O=[P+]([O-])[O-].O=[P+]([O-])[O-].O=[P+]([O-])[O-].O=[P+]([O-])[O-].O=[P+]([O-])[O-].O=[P+]([O-])[O-].O=[P+]([O-])[O-].[Ca+2].[Ca+2].[Ca+2].[Ca+2].[Ca+2].[Ca+2].[Ca+2].[Ca+2]. The van der Waals surface area contributed by atoms with Crippen molar-refractivity contribution in [3.63, 3.8) is 0 Å². The Morgan fingerprint density at radius 2 is 0.175 bits per heavy atom. The predicted octanol–water partition coefficient (Wildman–Crippen LogP) is -16.1. The van der Waals surface area contributed by atoms with Crippen LogP contribution in [0.4, 0.5) is 0 Å². The zero-order chi connectivity index (χ0) is 28.6. The van der Waals surface area contributed by atoms with Crippen LogP contribution in [0.2, 0.25) is 0 Å². The average molecular weight is 952 g/mol. The molecule has 0 aromatic rings. The summed E-state index contributed by atoms with van der Waals surface area (Å²) in [6.45, 7) is 0. The first kappa shape index (κ1) is 104. The van der Waals surface area contributed by atoms with Crippen molar-refractivity contribution in [3.05, 3.63) is 0 Å². The summed E-state index contributed by atoms with van der Waals surface area (Å²) in [6, 6.07) is 0. The molecule has 0 aromatic carbocycles. The van der Waals surface area contributed by atoms with Crippen molar-refractivity contribution in [2.24, 2.45) is 0 Å². The van der Waals surface area contributed by atoms with Crippen molar-refractivity contribution in [1.82, 2.24) is 0 Å². The van der Waals surface area contributed by atoms with Crippen molar-refractivity contribution in [2.45, 2.75) is 0 Å². The number of rotatable bonds is 0. The van der Waals surface area contributed by atoms with Crippen LogP contribution in [0.25, 0.3) is 0 Å². The minimum atomic E-state index is -3.37. The maximum Gasteiger partial charge on any atom is 2.00 e. The van der Waals surface area contributed by atoms with Crippen molar-refractivity contribution in [3.8, 4) is 0 Å². The van der Waals surface area contributed by atoms with Crippen LogP contribution in [0.3, 0.4) is 0 Å². The molecule has 0 saturated heterocycles. The molecule has 0 saturated carbocycles. The van der Waals surface area contributed by atoms with Gasteiger partial charge in [-0.15, -0.1) is 0 Å². The molecular formula is Ca8O24P8+8. The van der Waals surface area contributed by atoms with Crippen LogP contribution in [0.15, 0.2) is 0 Å². The summed E-state index contributed by atoms with van der Waals surface area (Å²) >= 11 is 0. The van der Waals surface area contributed by atoms with Gasteiger partial charge in [0.05, 0.1) is 0 Å². The Bertz CT molecular complexity index is 383. The van der Waals surface area contributed by atoms with Crippen LogP contribution in [0.1, 0.15) is 0 Å². The second-order valence-electron chi connectivity index (χ2n) is 1.79. The molecule has 0 aliphatic heterocycles. The normalized spacial score (nSPS) is 5.20. The van der Waals surface area contributed by atoms with Gasteiger partial charge in [-0.1, -0.05) is 36.5 Å². The quantitative estimate of drug-likeness (QED) is 0.161. The van der Waals surface area contributed by atoms with Gasteiger partial charge in [-0.3, -0.25) is 0 Å². The third-order valence-corrected chi connectivity index (χ3v) is 0. The topological polar surface area (TPSA) is 506 Å². The first-order chi connectivity index (χ1) is 13.9. The van der Waals surface area contributed by atoms with Gasteiger partial charge in [0, 0.05) is 0 Å². The molecule has 0 amide bonds. The summed E-state index contributed by atoms with van der Waals surface area (Å²) in [6.07, 6.45) is 0. The van der Waals surface area contributed by atoms with E-state index in [9.17, 15) is 0 Å². The summed E-state index contributed by atoms with van der Waals surface area (Å²) in [5, 5.41) is 0. The van der Waals surface area contributed by atoms with Gasteiger partial charge < -0.3 is 78.3 Å². The first-order valence-electron chi connectivity index (χ1n) is 4.38. The molecule has 0 aliphatic carbocycles. The molecule has 40 heteroatoms. The molecule has 0 aromatic heterocycles. The van der Waals surface area contributed by atoms with E-state index in [1.54, 1.807) is 0 Å². The Labute approximate surface area is 470 Å². The van der Waals surface area contributed by atoms with Crippen molar-refractivity contribution < 1.29 is 115 Å². The minimum absolute atomic E-state index is 0. The molecule has 0 heterocycles. The second-order valence-corrected chi connectivity index (χ2v) is 5.37. The van der Waals surface area contributed by atoms with Crippen molar-refractivity contribution >= 4 is 368 Å². The molecule has 0 atom stereocenters. The fraction of sp³-hybridized carbons (Fsp3) is 0. The average Bonchev–Trinajstić information content (AvgIpc) is 2.30. The molecule has 0 bridgehead atoms. The molecule has 0 unspecified atom stereocenters. The monoisotopic (exact) mass is 951 g/mol. The number of hydrogen-bond donors (Lipinski definition) is 0. The van der Waals surface area contributed by atoms with E-state index in [1.807, 2.05) is 0 Å². The van der Waals surface area contributed by atoms with Crippen LogP contribution >= 0.6 is 66.0 Å². The van der Waals surface area contributed by atoms with E-state index in [0.717, 1.165) is 0 Å². The first-order valence-corrected chi connectivity index (χ1v) is 13.1. The maximum absolute atomic E-state index is 8.48. The van der Waals surface area contributed by atoms with Crippen LogP contribution in [0, 0.1) is 0 Å². The van der Waals surface area contributed by atoms with Crippen LogP contribution < -0.4 is 78.3 Å². The number of hydrogen-bond acceptors (Lipinski definition) is 24. The van der Waals surface area contributed by atoms with Gasteiger partial charge in [-0.25, -0.2) is 0 Å². The molecule has 0 fully saturated rings. The summed E-state index contributed by atoms with van der Waals surface area (Å²) in [7, 11) is -27.0. The molecule has 0 aliphatic rings. The van der Waals surface area contributed by atoms with Gasteiger partial charge in [0.1, 0.15) is 0 Å². The third kappa shape index (κ3) is 1030. The smallest absolute Gasteiger partial charge is 0.598 e. The summed E-state index contributed by atoms with van der Waals surface area (Å²) in [5.74, 6) is 0. The Kier molecular flexibility index (Phi) is 254. The van der Waals surface area contributed by atoms with Gasteiger partial charge in [0.15, 0.2) is 0 Å². The minimum Gasteiger partial charge on any atom is -0.598 e. The second kappa shape index (κ2) is 97.7. The molecule has 0 rings (SSSR count). The Morgan fingerprint density at radius 1 is 0.175 bits per heavy atom. The van der Waals surface area contributed by atoms with Gasteiger partial charge in [0.25, 0.3) is 66.0 Å². The largest absolute Gasteiger partial charge is 2.00 e. The predicted molar refractivity (Wildman–Crippen MR) is 107 cm³/mol. The molecule has 24 nitrogen and oxygen atoms in total. The van der Waals surface area contributed by atoms with Crippen LogP contribution in [0.5, 0.6) is 0 Å². The van der Waals surface area contributed by atoms with E-state index < -0.39 is 66.0 Å². The van der Waals surface area contributed by atoms with E-state index >= 15 is 0 Å². The van der Waals surface area contributed by atoms with Gasteiger partial charge in [-0.2, -0.15) is 0 Å². The molecule has 0 spiro atoms. The fourth-order valence-electron chi connectivity index (χ4n) is 0. The van der Waals surface area contributed by atoms with Crippen molar-refractivity contribution in [1.29, 1.82) is 0 Å². The summed E-state index contributed by atoms with van der Waals surface area (Å²) < 4.78 is 67.9. The van der Waals surface area contributed by atoms with Gasteiger partial charge in [-0.05, 0) is 0 Å². The molecule has 40 heavy (non-hydrogen) atoms. The van der Waals surface area contributed by atoms with E-state index in [1.165, 1.54) is 0 Å². The van der Waals surface area contributed by atoms with Gasteiger partial charge >= 0.3 is 302 Å². The maximum atomic E-state index is 8.48. The zero-order valence-corrected chi connectivity index (χ0v) is 43.9. The molecule has 192 valence electrons. The third-order valence-electron chi connectivity index (χ3n) is 0. The van der Waals surface area contributed by atoms with E-state index in [2.05, 4.69) is 0 Å². The van der Waals surface area contributed by atoms with E-state index in [4.69, 9.17) is 115 Å². The van der Waals surface area contributed by atoms with Crippen LogP contribution in [-0.4, -0.2) is 302 Å². The van der Waals surface area contributed by atoms with Gasteiger partial charge in [0.2, 0.25) is 0 Å². The van der Waals surface area contributed by atoms with Crippen LogP contribution in [-0.2, 0) is 36.5 Å². The van der Waals surface area contributed by atoms with Crippen molar-refractivity contribution in [2.75, 3.05) is 0 Å². The summed E-state index contributed by atoms with van der Waals surface area (Å²) in [4.78, 5) is 136. The van der Waals surface area contributed by atoms with E-state index in [-0.39, 0.29) is 302 Å². The molecular weight excluding hydrogens is 952 g/mol. The summed E-state index contributed by atoms with van der Waals surface area (Å²) in [5.41, 5.74) is 0. The Balaban J connectivity index is -0.0000000114. The zero-order valence-electron chi connectivity index (χ0n) is 19.0. The Morgan fingerprint density at radius 3 is 0.175 bits per heavy atom. The van der Waals surface area contributed by atoms with E-state index in [0.29, 0.717) is 0 Å². The standard InChI is InChI=1S/8Ca.8HO3P/c;;;;;;;;8*1-4(2)3/h;;;;;;;;8*(H,1,2,3)/q8*+2;;;;;;;;/p-8. The molecule has 0 N–H and O–H groups in total. The molecule has 0 radical (unpaired) electrons. The fourth-order valence-corrected chi connectivity index (χ4v) is 0.